The summed E-state index contributed by atoms with van der Waals surface area (Å²) in [6.07, 6.45) is 3.51. The van der Waals surface area contributed by atoms with Crippen LogP contribution < -0.4 is 5.48 Å². The molecular weight excluding hydrogens is 154 g/mol. The average Bonchev–Trinajstić information content (AvgIpc) is 1.98. The highest BCUT2D eigenvalue weighted by atomic mass is 16.6. The average molecular weight is 167 g/mol. The Morgan fingerprint density at radius 2 is 2.42 bits per heavy atom. The van der Waals surface area contributed by atoms with Gasteiger partial charge in [-0.05, 0) is 25.7 Å². The second-order valence-electron chi connectivity index (χ2n) is 2.76. The van der Waals surface area contributed by atoms with E-state index in [2.05, 4.69) is 22.2 Å². The van der Waals surface area contributed by atoms with E-state index in [1.807, 2.05) is 0 Å². The number of hydrogen-bond acceptors (Lipinski definition) is 2. The zero-order valence-electron chi connectivity index (χ0n) is 7.22. The first kappa shape index (κ1) is 9.08. The third kappa shape index (κ3) is 2.93. The summed E-state index contributed by atoms with van der Waals surface area (Å²) in [5, 5.41) is 0. The fourth-order valence-electron chi connectivity index (χ4n) is 0.883. The summed E-state index contributed by atoms with van der Waals surface area (Å²) in [6, 6.07) is 0. The van der Waals surface area contributed by atoms with E-state index in [1.54, 1.807) is 6.92 Å². The van der Waals surface area contributed by atoms with Crippen molar-refractivity contribution in [3.05, 3.63) is 0 Å². The van der Waals surface area contributed by atoms with Crippen molar-refractivity contribution >= 4 is 5.91 Å². The van der Waals surface area contributed by atoms with E-state index in [0.29, 0.717) is 12.5 Å². The number of hydroxylamine groups is 1. The molecule has 1 fully saturated rings. The first-order valence-electron chi connectivity index (χ1n) is 4.26. The molecule has 0 aromatic carbocycles. The lowest BCUT2D eigenvalue weighted by molar-refractivity contribution is -0.127. The molecular formula is C9H13NO2. The van der Waals surface area contributed by atoms with Gasteiger partial charge < -0.3 is 0 Å². The van der Waals surface area contributed by atoms with Crippen molar-refractivity contribution in [2.24, 2.45) is 5.92 Å². The van der Waals surface area contributed by atoms with Crippen molar-refractivity contribution in [3.8, 4) is 11.8 Å². The van der Waals surface area contributed by atoms with Crippen molar-refractivity contribution in [1.82, 2.24) is 5.48 Å². The van der Waals surface area contributed by atoms with Crippen molar-refractivity contribution in [2.75, 3.05) is 6.61 Å². The molecule has 0 atom stereocenters. The van der Waals surface area contributed by atoms with Gasteiger partial charge in [-0.25, -0.2) is 5.48 Å². The lowest BCUT2D eigenvalue weighted by Gasteiger charge is -2.18. The van der Waals surface area contributed by atoms with Crippen molar-refractivity contribution in [3.63, 3.8) is 0 Å². The van der Waals surface area contributed by atoms with E-state index in [4.69, 9.17) is 0 Å². The van der Waals surface area contributed by atoms with E-state index in [1.165, 1.54) is 6.42 Å². The number of carbonyl (C=O) groups excluding carboxylic acids is 1. The van der Waals surface area contributed by atoms with Crippen LogP contribution in [-0.2, 0) is 9.63 Å². The Kier molecular flexibility index (Phi) is 3.62. The van der Waals surface area contributed by atoms with Crippen LogP contribution in [0.3, 0.4) is 0 Å². The molecule has 12 heavy (non-hydrogen) atoms. The molecule has 0 heterocycles. The van der Waals surface area contributed by atoms with Gasteiger partial charge in [-0.1, -0.05) is 12.3 Å². The monoisotopic (exact) mass is 167 g/mol. The molecule has 0 unspecified atom stereocenters. The van der Waals surface area contributed by atoms with Crippen LogP contribution >= 0.6 is 0 Å². The summed E-state index contributed by atoms with van der Waals surface area (Å²) < 4.78 is 0. The van der Waals surface area contributed by atoms with Crippen molar-refractivity contribution in [1.29, 1.82) is 0 Å². The van der Waals surface area contributed by atoms with Crippen LogP contribution in [0.2, 0.25) is 0 Å². The number of amides is 1. The smallest absolute Gasteiger partial charge is 0.273 e. The van der Waals surface area contributed by atoms with E-state index in [0.717, 1.165) is 12.8 Å². The van der Waals surface area contributed by atoms with Crippen LogP contribution in [0.5, 0.6) is 0 Å². The first-order chi connectivity index (χ1) is 5.83. The standard InChI is InChI=1S/C9H13NO2/c1-2-12-10-9(11)7-6-8-4-3-5-8/h8H,2-5H2,1H3,(H,10,11). The maximum Gasteiger partial charge on any atom is 0.319 e. The molecule has 3 nitrogen and oxygen atoms in total. The summed E-state index contributed by atoms with van der Waals surface area (Å²) in [4.78, 5) is 15.5. The van der Waals surface area contributed by atoms with Crippen LogP contribution in [0, 0.1) is 17.8 Å². The lowest BCUT2D eigenvalue weighted by Crippen LogP contribution is -2.22. The highest BCUT2D eigenvalue weighted by Gasteiger charge is 2.14. The van der Waals surface area contributed by atoms with Gasteiger partial charge in [0.05, 0.1) is 6.61 Å². The summed E-state index contributed by atoms with van der Waals surface area (Å²) in [5.41, 5.74) is 2.22. The van der Waals surface area contributed by atoms with Gasteiger partial charge in [-0.15, -0.1) is 0 Å². The Morgan fingerprint density at radius 3 is 2.92 bits per heavy atom. The van der Waals surface area contributed by atoms with Crippen molar-refractivity contribution in [2.45, 2.75) is 26.2 Å². The number of nitrogens with one attached hydrogen (secondary N) is 1. The van der Waals surface area contributed by atoms with Crippen LogP contribution in [0.25, 0.3) is 0 Å². The summed E-state index contributed by atoms with van der Waals surface area (Å²) >= 11 is 0. The Morgan fingerprint density at radius 1 is 1.67 bits per heavy atom. The Bertz CT molecular complexity index is 210. The molecule has 1 aliphatic carbocycles. The fraction of sp³-hybridized carbons (Fsp3) is 0.667. The molecule has 3 heteroatoms. The van der Waals surface area contributed by atoms with Crippen molar-refractivity contribution < 1.29 is 9.63 Å². The van der Waals surface area contributed by atoms with Crippen LogP contribution in [0.15, 0.2) is 0 Å². The van der Waals surface area contributed by atoms with Gasteiger partial charge >= 0.3 is 5.91 Å². The summed E-state index contributed by atoms with van der Waals surface area (Å²) in [7, 11) is 0. The van der Waals surface area contributed by atoms with Gasteiger partial charge in [0.25, 0.3) is 0 Å². The Hall–Kier alpha value is -1.01. The fourth-order valence-corrected chi connectivity index (χ4v) is 0.883. The highest BCUT2D eigenvalue weighted by Crippen LogP contribution is 2.24. The molecule has 0 radical (unpaired) electrons. The summed E-state index contributed by atoms with van der Waals surface area (Å²) in [6.45, 7) is 2.27. The predicted octanol–water partition coefficient (Wildman–Crippen LogP) is 0.858. The molecule has 0 aromatic rings. The molecule has 0 spiro atoms. The topological polar surface area (TPSA) is 38.3 Å². The number of hydrogen-bond donors (Lipinski definition) is 1. The van der Waals surface area contributed by atoms with Gasteiger partial charge in [0.2, 0.25) is 0 Å². The number of rotatable bonds is 2. The third-order valence-electron chi connectivity index (χ3n) is 1.80. The van der Waals surface area contributed by atoms with E-state index in [9.17, 15) is 4.79 Å². The van der Waals surface area contributed by atoms with Crippen LogP contribution in [0.4, 0.5) is 0 Å². The molecule has 66 valence electrons. The second-order valence-corrected chi connectivity index (χ2v) is 2.76. The molecule has 1 rings (SSSR count). The minimum atomic E-state index is -0.344. The van der Waals surface area contributed by atoms with E-state index < -0.39 is 0 Å². The Balaban J connectivity index is 2.17. The van der Waals surface area contributed by atoms with E-state index in [-0.39, 0.29) is 5.91 Å². The minimum absolute atomic E-state index is 0.344. The van der Waals surface area contributed by atoms with Crippen LogP contribution in [-0.4, -0.2) is 12.5 Å². The van der Waals surface area contributed by atoms with Gasteiger partial charge in [0.1, 0.15) is 0 Å². The second kappa shape index (κ2) is 4.78. The SMILES string of the molecule is CCONC(=O)C#CC1CCC1. The molecule has 0 aromatic heterocycles. The quantitative estimate of drug-likeness (QED) is 0.489. The molecule has 0 aliphatic heterocycles. The van der Waals surface area contributed by atoms with Crippen LogP contribution in [0.1, 0.15) is 26.2 Å². The van der Waals surface area contributed by atoms with Gasteiger partial charge in [-0.2, -0.15) is 0 Å². The molecule has 1 N–H and O–H groups in total. The largest absolute Gasteiger partial charge is 0.319 e. The summed E-state index contributed by atoms with van der Waals surface area (Å²) in [5.74, 6) is 5.48. The highest BCUT2D eigenvalue weighted by molar-refractivity contribution is 5.92. The molecule has 1 amide bonds. The maximum atomic E-state index is 10.8. The first-order valence-corrected chi connectivity index (χ1v) is 4.26. The predicted molar refractivity (Wildman–Crippen MR) is 44.9 cm³/mol. The Labute approximate surface area is 72.4 Å². The zero-order chi connectivity index (χ0) is 8.81. The molecule has 1 aliphatic rings. The normalized spacial score (nSPS) is 15.8. The zero-order valence-corrected chi connectivity index (χ0v) is 7.22. The van der Waals surface area contributed by atoms with Gasteiger partial charge in [-0.3, -0.25) is 9.63 Å². The maximum absolute atomic E-state index is 10.8. The third-order valence-corrected chi connectivity index (χ3v) is 1.80. The van der Waals surface area contributed by atoms with Gasteiger partial charge in [0, 0.05) is 5.92 Å². The molecule has 1 saturated carbocycles. The lowest BCUT2D eigenvalue weighted by atomic mass is 9.86. The minimum Gasteiger partial charge on any atom is -0.273 e. The van der Waals surface area contributed by atoms with Gasteiger partial charge in [0.15, 0.2) is 0 Å². The van der Waals surface area contributed by atoms with E-state index >= 15 is 0 Å². The number of carbonyl (C=O) groups is 1. The molecule has 0 bridgehead atoms. The molecule has 0 saturated heterocycles.